The number of rotatable bonds is 2. The number of hydrogen-bond acceptors (Lipinski definition) is 3. The Morgan fingerprint density at radius 1 is 1.05 bits per heavy atom. The second-order valence-electron chi connectivity index (χ2n) is 3.50. The summed E-state index contributed by atoms with van der Waals surface area (Å²) in [5, 5.41) is 22.7. The largest absolute Gasteiger partial charge is 0.397 e. The van der Waals surface area contributed by atoms with Crippen LogP contribution in [0.3, 0.4) is 0 Å². The van der Waals surface area contributed by atoms with Gasteiger partial charge in [0.25, 0.3) is 0 Å². The first-order valence-electron chi connectivity index (χ1n) is 6.69. The zero-order valence-corrected chi connectivity index (χ0v) is 14.7. The summed E-state index contributed by atoms with van der Waals surface area (Å²) in [4.78, 5) is 0. The first kappa shape index (κ1) is 27.4. The smallest absolute Gasteiger partial charge is 0.0402 e. The molecule has 1 unspecified atom stereocenters. The Morgan fingerprint density at radius 2 is 1.42 bits per heavy atom. The Hall–Kier alpha value is 0.0743. The summed E-state index contributed by atoms with van der Waals surface area (Å²) in [7, 11) is 0. The van der Waals surface area contributed by atoms with E-state index in [-0.39, 0.29) is 41.5 Å². The maximum atomic E-state index is 7.57. The number of allylic oxidation sites excluding steroid dienone is 4. The van der Waals surface area contributed by atoms with Crippen LogP contribution in [0.4, 0.5) is 0 Å². The minimum atomic E-state index is 0. The van der Waals surface area contributed by atoms with Crippen molar-refractivity contribution in [1.82, 2.24) is 0 Å². The average Bonchev–Trinajstić information content (AvgIpc) is 2.85. The van der Waals surface area contributed by atoms with Crippen molar-refractivity contribution >= 4 is 0 Å². The third-order valence-electron chi connectivity index (χ3n) is 1.86. The molecule has 0 saturated carbocycles. The van der Waals surface area contributed by atoms with Gasteiger partial charge in [0.15, 0.2) is 0 Å². The van der Waals surface area contributed by atoms with E-state index in [2.05, 4.69) is 32.1 Å². The minimum absolute atomic E-state index is 0. The standard InChI is InChI=1S/C9H13.3C2H6O.Ti/c1-3-8(2)9-6-4-5-7-9;3*1-2-3;/h4,6,8H,3,5H2,1-2H3;3*3H,2H2,1H3;/q-1;;;;. The zero-order chi connectivity index (χ0) is 14.8. The van der Waals surface area contributed by atoms with E-state index in [1.165, 1.54) is 12.0 Å². The van der Waals surface area contributed by atoms with E-state index in [1.54, 1.807) is 20.8 Å². The van der Waals surface area contributed by atoms with E-state index in [4.69, 9.17) is 15.3 Å². The van der Waals surface area contributed by atoms with Crippen LogP contribution in [0, 0.1) is 12.0 Å². The predicted octanol–water partition coefficient (Wildman–Crippen LogP) is 2.72. The average molecular weight is 307 g/mol. The van der Waals surface area contributed by atoms with E-state index < -0.39 is 0 Å². The molecular formula is C15H31O3Ti-. The van der Waals surface area contributed by atoms with Gasteiger partial charge in [-0.15, -0.1) is 6.42 Å². The van der Waals surface area contributed by atoms with Gasteiger partial charge in [-0.05, 0) is 20.8 Å². The van der Waals surface area contributed by atoms with Gasteiger partial charge in [-0.1, -0.05) is 26.2 Å². The van der Waals surface area contributed by atoms with Gasteiger partial charge in [0.2, 0.25) is 0 Å². The first-order chi connectivity index (χ1) is 8.59. The van der Waals surface area contributed by atoms with Gasteiger partial charge < -0.3 is 15.3 Å². The van der Waals surface area contributed by atoms with Crippen molar-refractivity contribution in [3.63, 3.8) is 0 Å². The van der Waals surface area contributed by atoms with E-state index in [1.807, 2.05) is 0 Å². The van der Waals surface area contributed by atoms with Gasteiger partial charge >= 0.3 is 0 Å². The van der Waals surface area contributed by atoms with Crippen molar-refractivity contribution in [1.29, 1.82) is 0 Å². The Balaban J connectivity index is -0.0000000956. The molecule has 1 aliphatic carbocycles. The van der Waals surface area contributed by atoms with Crippen molar-refractivity contribution in [3.05, 3.63) is 23.8 Å². The molecule has 0 aliphatic heterocycles. The summed E-state index contributed by atoms with van der Waals surface area (Å²) in [5.41, 5.74) is 1.40. The van der Waals surface area contributed by atoms with Crippen LogP contribution < -0.4 is 0 Å². The SMILES string of the molecule is CCC(C)C1=[C-]CC=C1.CCO.CCO.CCO.[Ti]. The molecule has 0 amide bonds. The summed E-state index contributed by atoms with van der Waals surface area (Å²) in [6.45, 7) is 10.3. The first-order valence-corrected chi connectivity index (χ1v) is 6.69. The van der Waals surface area contributed by atoms with Gasteiger partial charge in [-0.25, -0.2) is 11.6 Å². The monoisotopic (exact) mass is 307 g/mol. The molecular weight excluding hydrogens is 276 g/mol. The van der Waals surface area contributed by atoms with Crippen LogP contribution in [0.1, 0.15) is 47.5 Å². The summed E-state index contributed by atoms with van der Waals surface area (Å²) in [5.74, 6) is 0.712. The van der Waals surface area contributed by atoms with E-state index in [0.29, 0.717) is 5.92 Å². The third-order valence-corrected chi connectivity index (χ3v) is 1.86. The molecule has 0 aromatic rings. The summed E-state index contributed by atoms with van der Waals surface area (Å²) < 4.78 is 0. The van der Waals surface area contributed by atoms with Crippen LogP contribution in [0.5, 0.6) is 0 Å². The molecule has 0 aromatic carbocycles. The van der Waals surface area contributed by atoms with Crippen LogP contribution >= 0.6 is 0 Å². The maximum Gasteiger partial charge on any atom is 0.0402 e. The minimum Gasteiger partial charge on any atom is -0.397 e. The fourth-order valence-electron chi connectivity index (χ4n) is 0.980. The van der Waals surface area contributed by atoms with Crippen LogP contribution in [-0.4, -0.2) is 35.1 Å². The van der Waals surface area contributed by atoms with E-state index >= 15 is 0 Å². The topological polar surface area (TPSA) is 60.7 Å². The van der Waals surface area contributed by atoms with Gasteiger partial charge in [-0.2, -0.15) is 6.08 Å². The van der Waals surface area contributed by atoms with Crippen molar-refractivity contribution in [3.8, 4) is 0 Å². The Bertz CT molecular complexity index is 187. The molecule has 0 aromatic heterocycles. The van der Waals surface area contributed by atoms with Crippen molar-refractivity contribution < 1.29 is 37.0 Å². The molecule has 0 heterocycles. The second-order valence-corrected chi connectivity index (χ2v) is 3.50. The van der Waals surface area contributed by atoms with Crippen molar-refractivity contribution in [2.45, 2.75) is 47.5 Å². The normalized spacial score (nSPS) is 12.3. The Kier molecular flexibility index (Phi) is 38.4. The summed E-state index contributed by atoms with van der Waals surface area (Å²) >= 11 is 0. The second kappa shape index (κ2) is 26.6. The van der Waals surface area contributed by atoms with Crippen molar-refractivity contribution in [2.75, 3.05) is 19.8 Å². The van der Waals surface area contributed by atoms with Crippen LogP contribution in [-0.2, 0) is 21.7 Å². The molecule has 0 saturated heterocycles. The summed E-state index contributed by atoms with van der Waals surface area (Å²) in [6, 6.07) is 0. The van der Waals surface area contributed by atoms with Gasteiger partial charge in [0.1, 0.15) is 0 Å². The quantitative estimate of drug-likeness (QED) is 0.543. The van der Waals surface area contributed by atoms with E-state index in [9.17, 15) is 0 Å². The molecule has 3 nitrogen and oxygen atoms in total. The third kappa shape index (κ3) is 27.3. The molecule has 0 radical (unpaired) electrons. The van der Waals surface area contributed by atoms with Crippen molar-refractivity contribution in [2.24, 2.45) is 5.92 Å². The van der Waals surface area contributed by atoms with Crippen LogP contribution in [0.2, 0.25) is 0 Å². The van der Waals surface area contributed by atoms with Gasteiger partial charge in [-0.3, -0.25) is 6.08 Å². The molecule has 1 atom stereocenters. The fourth-order valence-corrected chi connectivity index (χ4v) is 0.980. The van der Waals surface area contributed by atoms with Crippen LogP contribution in [0.15, 0.2) is 17.7 Å². The van der Waals surface area contributed by atoms with Gasteiger partial charge in [0, 0.05) is 41.5 Å². The molecule has 0 fully saturated rings. The molecule has 19 heavy (non-hydrogen) atoms. The molecule has 0 spiro atoms. The number of aliphatic hydroxyl groups excluding tert-OH is 3. The van der Waals surface area contributed by atoms with Crippen LogP contribution in [0.25, 0.3) is 0 Å². The summed E-state index contributed by atoms with van der Waals surface area (Å²) in [6.07, 6.45) is 9.93. The fraction of sp³-hybridized carbons (Fsp3) is 0.733. The van der Waals surface area contributed by atoms with Gasteiger partial charge in [0.05, 0.1) is 0 Å². The predicted molar refractivity (Wildman–Crippen MR) is 78.2 cm³/mol. The Labute approximate surface area is 134 Å². The molecule has 1 aliphatic rings. The molecule has 1 rings (SSSR count). The zero-order valence-electron chi connectivity index (χ0n) is 13.1. The molecule has 3 N–H and O–H groups in total. The number of aliphatic hydroxyl groups is 3. The molecule has 114 valence electrons. The maximum absolute atomic E-state index is 7.57. The molecule has 4 heteroatoms. The Morgan fingerprint density at radius 3 is 1.63 bits per heavy atom. The van der Waals surface area contributed by atoms with E-state index in [0.717, 1.165) is 6.42 Å². The molecule has 0 bridgehead atoms. The number of hydrogen-bond donors (Lipinski definition) is 3.